The maximum absolute atomic E-state index is 4.53. The van der Waals surface area contributed by atoms with E-state index in [9.17, 15) is 0 Å². The molecule has 1 nitrogen and oxygen atoms in total. The van der Waals surface area contributed by atoms with E-state index in [-0.39, 0.29) is 0 Å². The highest BCUT2D eigenvalue weighted by Crippen LogP contribution is 2.24. The number of aromatic nitrogens is 1. The predicted molar refractivity (Wildman–Crippen MR) is 65.0 cm³/mol. The highest BCUT2D eigenvalue weighted by atomic mass is 14.7. The van der Waals surface area contributed by atoms with Crippen LogP contribution in [0.15, 0.2) is 36.5 Å². The molecule has 0 fully saturated rings. The summed E-state index contributed by atoms with van der Waals surface area (Å²) in [7, 11) is 0. The molecule has 0 radical (unpaired) electrons. The summed E-state index contributed by atoms with van der Waals surface area (Å²) in [5, 5.41) is 2.51. The van der Waals surface area contributed by atoms with Crippen LogP contribution < -0.4 is 0 Å². The van der Waals surface area contributed by atoms with Crippen molar-refractivity contribution in [3.8, 4) is 0 Å². The summed E-state index contributed by atoms with van der Waals surface area (Å²) >= 11 is 0. The normalized spacial score (nSPS) is 13.3. The van der Waals surface area contributed by atoms with Gasteiger partial charge in [0.1, 0.15) is 0 Å². The van der Waals surface area contributed by atoms with Crippen molar-refractivity contribution >= 4 is 10.8 Å². The molecule has 1 aromatic carbocycles. The lowest BCUT2D eigenvalue weighted by atomic mass is 9.93. The van der Waals surface area contributed by atoms with Gasteiger partial charge in [-0.15, -0.1) is 0 Å². The summed E-state index contributed by atoms with van der Waals surface area (Å²) in [6.45, 7) is 6.71. The minimum Gasteiger partial charge on any atom is -0.260 e. The molecule has 1 heterocycles. The van der Waals surface area contributed by atoms with E-state index >= 15 is 0 Å². The van der Waals surface area contributed by atoms with E-state index in [0.29, 0.717) is 11.8 Å². The van der Waals surface area contributed by atoms with Crippen molar-refractivity contribution in [2.75, 3.05) is 0 Å². The van der Waals surface area contributed by atoms with Gasteiger partial charge in [-0.25, -0.2) is 0 Å². The predicted octanol–water partition coefficient (Wildman–Crippen LogP) is 3.99. The minimum absolute atomic E-state index is 0.523. The lowest BCUT2D eigenvalue weighted by Crippen LogP contribution is -2.03. The molecule has 0 aliphatic rings. The molecule has 2 rings (SSSR count). The van der Waals surface area contributed by atoms with Crippen LogP contribution in [0.2, 0.25) is 0 Å². The first-order valence-electron chi connectivity index (χ1n) is 5.53. The zero-order chi connectivity index (χ0) is 10.8. The molecule has 1 atom stereocenters. The molecule has 0 bridgehead atoms. The van der Waals surface area contributed by atoms with E-state index in [0.717, 1.165) is 0 Å². The Morgan fingerprint density at radius 1 is 1.00 bits per heavy atom. The third-order valence-corrected chi connectivity index (χ3v) is 3.12. The Morgan fingerprint density at radius 2 is 1.67 bits per heavy atom. The lowest BCUT2D eigenvalue weighted by molar-refractivity contribution is 0.524. The van der Waals surface area contributed by atoms with Crippen LogP contribution in [-0.2, 0) is 0 Å². The lowest BCUT2D eigenvalue weighted by Gasteiger charge is -2.15. The smallest absolute Gasteiger partial charge is 0.0440 e. The second-order valence-corrected chi connectivity index (χ2v) is 4.49. The number of pyridine rings is 1. The van der Waals surface area contributed by atoms with E-state index in [1.165, 1.54) is 16.5 Å². The van der Waals surface area contributed by atoms with Gasteiger partial charge in [-0.1, -0.05) is 45.0 Å². The summed E-state index contributed by atoms with van der Waals surface area (Å²) < 4.78 is 0. The van der Waals surface area contributed by atoms with Crippen LogP contribution >= 0.6 is 0 Å². The molecule has 1 aromatic heterocycles. The van der Waals surface area contributed by atoms with Crippen molar-refractivity contribution < 1.29 is 0 Å². The highest BCUT2D eigenvalue weighted by Gasteiger charge is 2.11. The Labute approximate surface area is 91.2 Å². The molecular formula is C14H17N. The summed E-state index contributed by atoms with van der Waals surface area (Å²) in [5.74, 6) is 1.16. The first-order valence-corrected chi connectivity index (χ1v) is 5.53. The maximum Gasteiger partial charge on any atom is 0.0440 e. The largest absolute Gasteiger partial charge is 0.260 e. The van der Waals surface area contributed by atoms with Crippen molar-refractivity contribution in [3.05, 3.63) is 42.2 Å². The molecule has 0 aliphatic carbocycles. The molecule has 1 heteroatoms. The highest BCUT2D eigenvalue weighted by molar-refractivity contribution is 5.81. The first-order chi connectivity index (χ1) is 7.18. The van der Waals surface area contributed by atoms with Gasteiger partial charge in [-0.2, -0.15) is 0 Å². The zero-order valence-electron chi connectivity index (χ0n) is 9.57. The SMILES string of the molecule is CC(C)C(C)c1cc2ccccc2cn1. The molecule has 0 saturated carbocycles. The Balaban J connectivity index is 2.47. The first kappa shape index (κ1) is 10.2. The molecule has 0 saturated heterocycles. The number of rotatable bonds is 2. The van der Waals surface area contributed by atoms with Gasteiger partial charge in [0, 0.05) is 23.2 Å². The number of hydrogen-bond donors (Lipinski definition) is 0. The maximum atomic E-state index is 4.53. The Bertz CT molecular complexity index is 460. The second-order valence-electron chi connectivity index (χ2n) is 4.49. The van der Waals surface area contributed by atoms with E-state index < -0.39 is 0 Å². The number of fused-ring (bicyclic) bond motifs is 1. The molecule has 0 amide bonds. The third-order valence-electron chi connectivity index (χ3n) is 3.12. The van der Waals surface area contributed by atoms with Gasteiger partial charge in [0.05, 0.1) is 0 Å². The third kappa shape index (κ3) is 2.01. The molecule has 0 aliphatic heterocycles. The van der Waals surface area contributed by atoms with Crippen molar-refractivity contribution in [1.29, 1.82) is 0 Å². The summed E-state index contributed by atoms with van der Waals surface area (Å²) in [4.78, 5) is 4.53. The molecule has 1 unspecified atom stereocenters. The Hall–Kier alpha value is -1.37. The number of nitrogens with zero attached hydrogens (tertiary/aromatic N) is 1. The fourth-order valence-corrected chi connectivity index (χ4v) is 1.69. The van der Waals surface area contributed by atoms with Crippen LogP contribution in [0.3, 0.4) is 0 Å². The number of hydrogen-bond acceptors (Lipinski definition) is 1. The van der Waals surface area contributed by atoms with Crippen LogP contribution in [0.1, 0.15) is 32.4 Å². The van der Waals surface area contributed by atoms with Gasteiger partial charge in [0.25, 0.3) is 0 Å². The average molecular weight is 199 g/mol. The minimum atomic E-state index is 0.523. The van der Waals surface area contributed by atoms with Crippen LogP contribution in [0.5, 0.6) is 0 Å². The molecular weight excluding hydrogens is 182 g/mol. The fraction of sp³-hybridized carbons (Fsp3) is 0.357. The van der Waals surface area contributed by atoms with Gasteiger partial charge >= 0.3 is 0 Å². The van der Waals surface area contributed by atoms with Gasteiger partial charge < -0.3 is 0 Å². The Kier molecular flexibility index (Phi) is 2.72. The average Bonchev–Trinajstić information content (AvgIpc) is 2.27. The molecule has 15 heavy (non-hydrogen) atoms. The van der Waals surface area contributed by atoms with Crippen molar-refractivity contribution in [3.63, 3.8) is 0 Å². The van der Waals surface area contributed by atoms with Crippen molar-refractivity contribution in [2.45, 2.75) is 26.7 Å². The molecule has 0 spiro atoms. The van der Waals surface area contributed by atoms with Gasteiger partial charge in [0.2, 0.25) is 0 Å². The molecule has 0 N–H and O–H groups in total. The van der Waals surface area contributed by atoms with Crippen LogP contribution in [0.25, 0.3) is 10.8 Å². The standard InChI is InChI=1S/C14H17N/c1-10(2)11(3)14-8-12-6-4-5-7-13(12)9-15-14/h4-11H,1-3H3. The second kappa shape index (κ2) is 4.01. The van der Waals surface area contributed by atoms with E-state index in [1.807, 2.05) is 6.20 Å². The van der Waals surface area contributed by atoms with Crippen LogP contribution in [-0.4, -0.2) is 4.98 Å². The van der Waals surface area contributed by atoms with Crippen molar-refractivity contribution in [1.82, 2.24) is 4.98 Å². The van der Waals surface area contributed by atoms with Gasteiger partial charge in [0.15, 0.2) is 0 Å². The summed E-state index contributed by atoms with van der Waals surface area (Å²) in [5.41, 5.74) is 1.20. The van der Waals surface area contributed by atoms with Gasteiger partial charge in [-0.3, -0.25) is 4.98 Å². The van der Waals surface area contributed by atoms with E-state index in [1.54, 1.807) is 0 Å². The summed E-state index contributed by atoms with van der Waals surface area (Å²) in [6, 6.07) is 10.6. The quantitative estimate of drug-likeness (QED) is 0.712. The van der Waals surface area contributed by atoms with E-state index in [4.69, 9.17) is 0 Å². The van der Waals surface area contributed by atoms with Gasteiger partial charge in [-0.05, 0) is 17.4 Å². The molecule has 78 valence electrons. The topological polar surface area (TPSA) is 12.9 Å². The molecule has 2 aromatic rings. The zero-order valence-corrected chi connectivity index (χ0v) is 9.57. The Morgan fingerprint density at radius 3 is 2.33 bits per heavy atom. The van der Waals surface area contributed by atoms with Crippen LogP contribution in [0, 0.1) is 5.92 Å². The monoisotopic (exact) mass is 199 g/mol. The fourth-order valence-electron chi connectivity index (χ4n) is 1.69. The van der Waals surface area contributed by atoms with Crippen LogP contribution in [0.4, 0.5) is 0 Å². The van der Waals surface area contributed by atoms with E-state index in [2.05, 4.69) is 56.1 Å². The van der Waals surface area contributed by atoms with Crippen molar-refractivity contribution in [2.24, 2.45) is 5.92 Å². The summed E-state index contributed by atoms with van der Waals surface area (Å²) in [6.07, 6.45) is 1.98. The number of benzene rings is 1.